The van der Waals surface area contributed by atoms with Gasteiger partial charge in [0, 0.05) is 26.7 Å². The Morgan fingerprint density at radius 1 is 1.22 bits per heavy atom. The lowest BCUT2D eigenvalue weighted by molar-refractivity contribution is 0.328. The van der Waals surface area contributed by atoms with Crippen molar-refractivity contribution in [2.45, 2.75) is 12.8 Å². The van der Waals surface area contributed by atoms with Crippen LogP contribution in [0.3, 0.4) is 0 Å². The molecule has 7 heteroatoms. The van der Waals surface area contributed by atoms with Crippen LogP contribution in [0.5, 0.6) is 0 Å². The fourth-order valence-electron chi connectivity index (χ4n) is 2.94. The van der Waals surface area contributed by atoms with Crippen molar-refractivity contribution < 1.29 is 8.42 Å². The van der Waals surface area contributed by atoms with Crippen molar-refractivity contribution in [3.63, 3.8) is 0 Å². The second-order valence-corrected chi connectivity index (χ2v) is 8.28. The second kappa shape index (κ2) is 6.41. The Balaban J connectivity index is 1.64. The Kier molecular flexibility index (Phi) is 4.50. The minimum atomic E-state index is -3.09. The number of aromatic nitrogens is 2. The first-order valence-electron chi connectivity index (χ1n) is 7.81. The number of nitrogens with zero attached hydrogens (tertiary/aromatic N) is 4. The average Bonchev–Trinajstić information content (AvgIpc) is 2.54. The van der Waals surface area contributed by atoms with E-state index in [9.17, 15) is 8.42 Å². The van der Waals surface area contributed by atoms with Crippen LogP contribution in [0.15, 0.2) is 30.5 Å². The van der Waals surface area contributed by atoms with Gasteiger partial charge in [0.2, 0.25) is 10.0 Å². The van der Waals surface area contributed by atoms with Gasteiger partial charge in [0.05, 0.1) is 23.5 Å². The maximum Gasteiger partial charge on any atom is 0.210 e. The summed E-state index contributed by atoms with van der Waals surface area (Å²) >= 11 is 0. The third kappa shape index (κ3) is 3.79. The fraction of sp³-hybridized carbons (Fsp3) is 0.500. The lowest BCUT2D eigenvalue weighted by atomic mass is 9.97. The molecule has 1 aliphatic rings. The lowest BCUT2D eigenvalue weighted by Crippen LogP contribution is -2.39. The summed E-state index contributed by atoms with van der Waals surface area (Å²) in [6, 6.07) is 7.85. The lowest BCUT2D eigenvalue weighted by Gasteiger charge is -2.34. The highest BCUT2D eigenvalue weighted by molar-refractivity contribution is 7.88. The first-order valence-corrected chi connectivity index (χ1v) is 9.66. The average molecular weight is 334 g/mol. The minimum absolute atomic E-state index is 0.402. The van der Waals surface area contributed by atoms with Gasteiger partial charge in [-0.2, -0.15) is 0 Å². The fourth-order valence-corrected chi connectivity index (χ4v) is 3.43. The van der Waals surface area contributed by atoms with E-state index in [2.05, 4.69) is 14.9 Å². The van der Waals surface area contributed by atoms with Crippen LogP contribution in [-0.4, -0.2) is 55.6 Å². The number of sulfonamides is 1. The van der Waals surface area contributed by atoms with E-state index < -0.39 is 10.0 Å². The van der Waals surface area contributed by atoms with Crippen molar-refractivity contribution in [1.29, 1.82) is 0 Å². The molecule has 0 aliphatic carbocycles. The van der Waals surface area contributed by atoms with Gasteiger partial charge in [-0.3, -0.25) is 4.98 Å². The van der Waals surface area contributed by atoms with Crippen LogP contribution < -0.4 is 4.90 Å². The molecule has 1 aliphatic heterocycles. The van der Waals surface area contributed by atoms with Crippen molar-refractivity contribution in [1.82, 2.24) is 14.3 Å². The molecule has 124 valence electrons. The summed E-state index contributed by atoms with van der Waals surface area (Å²) in [5, 5.41) is 0. The van der Waals surface area contributed by atoms with Crippen molar-refractivity contribution in [3.05, 3.63) is 30.5 Å². The summed E-state index contributed by atoms with van der Waals surface area (Å²) in [4.78, 5) is 11.4. The third-order valence-corrected chi connectivity index (χ3v) is 5.74. The van der Waals surface area contributed by atoms with Crippen LogP contribution in [0.4, 0.5) is 5.82 Å². The standard InChI is InChI=1S/C16H22N4O2S/c1-19(23(2,21)22)12-13-7-9-20(10-8-13)16-11-17-14-5-3-4-6-15(14)18-16/h3-6,11,13H,7-10,12H2,1-2H3. The molecule has 1 fully saturated rings. The van der Waals surface area contributed by atoms with E-state index in [0.29, 0.717) is 12.5 Å². The van der Waals surface area contributed by atoms with Gasteiger partial charge in [0.15, 0.2) is 0 Å². The monoisotopic (exact) mass is 334 g/mol. The summed E-state index contributed by atoms with van der Waals surface area (Å²) in [6.45, 7) is 2.36. The highest BCUT2D eigenvalue weighted by atomic mass is 32.2. The van der Waals surface area contributed by atoms with Gasteiger partial charge in [-0.1, -0.05) is 12.1 Å². The zero-order chi connectivity index (χ0) is 16.4. The van der Waals surface area contributed by atoms with E-state index in [4.69, 9.17) is 0 Å². The first kappa shape index (κ1) is 16.1. The summed E-state index contributed by atoms with van der Waals surface area (Å²) in [7, 11) is -1.45. The van der Waals surface area contributed by atoms with E-state index >= 15 is 0 Å². The largest absolute Gasteiger partial charge is 0.355 e. The summed E-state index contributed by atoms with van der Waals surface area (Å²) in [5.41, 5.74) is 1.81. The Labute approximate surface area is 137 Å². The molecular weight excluding hydrogens is 312 g/mol. The zero-order valence-electron chi connectivity index (χ0n) is 13.5. The molecule has 0 radical (unpaired) electrons. The Hall–Kier alpha value is -1.73. The van der Waals surface area contributed by atoms with Gasteiger partial charge in [0.25, 0.3) is 0 Å². The molecule has 0 atom stereocenters. The number of hydrogen-bond donors (Lipinski definition) is 0. The molecule has 0 unspecified atom stereocenters. The quantitative estimate of drug-likeness (QED) is 0.852. The number of fused-ring (bicyclic) bond motifs is 1. The van der Waals surface area contributed by atoms with E-state index in [0.717, 1.165) is 42.8 Å². The van der Waals surface area contributed by atoms with Crippen LogP contribution in [0, 0.1) is 5.92 Å². The summed E-state index contributed by atoms with van der Waals surface area (Å²) in [6.07, 6.45) is 5.01. The molecule has 0 saturated carbocycles. The summed E-state index contributed by atoms with van der Waals surface area (Å²) < 4.78 is 24.5. The van der Waals surface area contributed by atoms with Gasteiger partial charge in [-0.15, -0.1) is 0 Å². The number of para-hydroxylation sites is 2. The topological polar surface area (TPSA) is 66.4 Å². The molecule has 23 heavy (non-hydrogen) atoms. The summed E-state index contributed by atoms with van der Waals surface area (Å²) in [5.74, 6) is 1.30. The van der Waals surface area contributed by atoms with Crippen LogP contribution in [0.25, 0.3) is 11.0 Å². The normalized spacial score (nSPS) is 17.1. The van der Waals surface area contributed by atoms with E-state index in [1.165, 1.54) is 10.6 Å². The van der Waals surface area contributed by atoms with Gasteiger partial charge >= 0.3 is 0 Å². The molecular formula is C16H22N4O2S. The molecule has 0 N–H and O–H groups in total. The van der Waals surface area contributed by atoms with Gasteiger partial charge in [-0.25, -0.2) is 17.7 Å². The van der Waals surface area contributed by atoms with Gasteiger partial charge in [-0.05, 0) is 30.9 Å². The predicted octanol–water partition coefficient (Wildman–Crippen LogP) is 1.74. The maximum absolute atomic E-state index is 11.5. The van der Waals surface area contributed by atoms with Crippen molar-refractivity contribution in [2.24, 2.45) is 5.92 Å². The highest BCUT2D eigenvalue weighted by Crippen LogP contribution is 2.23. The Morgan fingerprint density at radius 2 is 1.87 bits per heavy atom. The van der Waals surface area contributed by atoms with Crippen LogP contribution >= 0.6 is 0 Å². The van der Waals surface area contributed by atoms with E-state index in [1.807, 2.05) is 30.5 Å². The van der Waals surface area contributed by atoms with Gasteiger partial charge < -0.3 is 4.90 Å². The molecule has 0 bridgehead atoms. The molecule has 0 amide bonds. The zero-order valence-corrected chi connectivity index (χ0v) is 14.3. The van der Waals surface area contributed by atoms with Crippen LogP contribution in [0.1, 0.15) is 12.8 Å². The molecule has 0 spiro atoms. The van der Waals surface area contributed by atoms with Gasteiger partial charge in [0.1, 0.15) is 5.82 Å². The van der Waals surface area contributed by atoms with Crippen molar-refractivity contribution in [3.8, 4) is 0 Å². The predicted molar refractivity (Wildman–Crippen MR) is 91.9 cm³/mol. The SMILES string of the molecule is CN(CC1CCN(c2cnc3ccccc3n2)CC1)S(C)(=O)=O. The smallest absolute Gasteiger partial charge is 0.210 e. The van der Waals surface area contributed by atoms with Crippen LogP contribution in [0.2, 0.25) is 0 Å². The minimum Gasteiger partial charge on any atom is -0.355 e. The number of piperidine rings is 1. The Morgan fingerprint density at radius 3 is 2.52 bits per heavy atom. The van der Waals surface area contributed by atoms with Crippen molar-refractivity contribution >= 4 is 26.9 Å². The molecule has 2 aromatic rings. The molecule has 6 nitrogen and oxygen atoms in total. The molecule has 1 aromatic heterocycles. The number of anilines is 1. The van der Waals surface area contributed by atoms with E-state index in [1.54, 1.807) is 7.05 Å². The highest BCUT2D eigenvalue weighted by Gasteiger charge is 2.24. The Bertz CT molecular complexity index is 786. The van der Waals surface area contributed by atoms with E-state index in [-0.39, 0.29) is 0 Å². The molecule has 1 aromatic carbocycles. The first-order chi connectivity index (χ1) is 10.9. The molecule has 3 rings (SSSR count). The second-order valence-electron chi connectivity index (χ2n) is 6.19. The molecule has 2 heterocycles. The van der Waals surface area contributed by atoms with Crippen LogP contribution in [-0.2, 0) is 10.0 Å². The number of hydrogen-bond acceptors (Lipinski definition) is 5. The third-order valence-electron chi connectivity index (χ3n) is 4.46. The van der Waals surface area contributed by atoms with Crippen molar-refractivity contribution in [2.75, 3.05) is 37.8 Å². The number of rotatable bonds is 4. The molecule has 1 saturated heterocycles. The maximum atomic E-state index is 11.5. The number of benzene rings is 1.